The fourth-order valence-electron chi connectivity index (χ4n) is 6.14. The lowest BCUT2D eigenvalue weighted by molar-refractivity contribution is 0.269. The lowest BCUT2D eigenvalue weighted by atomic mass is 9.83. The predicted molar refractivity (Wildman–Crippen MR) is 184 cm³/mol. The van der Waals surface area contributed by atoms with Gasteiger partial charge in [0.1, 0.15) is 12.4 Å². The van der Waals surface area contributed by atoms with Crippen LogP contribution in [0.4, 0.5) is 0 Å². The van der Waals surface area contributed by atoms with Gasteiger partial charge in [-0.25, -0.2) is 4.99 Å². The minimum Gasteiger partial charge on any atom is -0.496 e. The van der Waals surface area contributed by atoms with Gasteiger partial charge < -0.3 is 14.2 Å². The molecule has 1 aromatic heterocycles. The summed E-state index contributed by atoms with van der Waals surface area (Å²) in [6.07, 6.45) is 3.59. The van der Waals surface area contributed by atoms with Crippen molar-refractivity contribution in [3.63, 3.8) is 0 Å². The van der Waals surface area contributed by atoms with Crippen molar-refractivity contribution in [2.45, 2.75) is 32.4 Å². The minimum absolute atomic E-state index is 0.0965. The van der Waals surface area contributed by atoms with Crippen molar-refractivity contribution in [2.24, 2.45) is 4.99 Å². The predicted octanol–water partition coefficient (Wildman–Crippen LogP) is 7.61. The van der Waals surface area contributed by atoms with Gasteiger partial charge in [0, 0.05) is 26.7 Å². The second-order valence-electron chi connectivity index (χ2n) is 11.0. The van der Waals surface area contributed by atoms with Gasteiger partial charge in [-0.05, 0) is 72.9 Å². The Hall–Kier alpha value is -4.30. The zero-order valence-corrected chi connectivity index (χ0v) is 27.6. The highest BCUT2D eigenvalue weighted by molar-refractivity contribution is 7.07. The van der Waals surface area contributed by atoms with E-state index in [1.165, 1.54) is 16.9 Å². The van der Waals surface area contributed by atoms with Gasteiger partial charge >= 0.3 is 0 Å². The number of benzene rings is 4. The molecule has 0 radical (unpaired) electrons. The van der Waals surface area contributed by atoms with Crippen molar-refractivity contribution < 1.29 is 14.2 Å². The van der Waals surface area contributed by atoms with Gasteiger partial charge in [-0.3, -0.25) is 9.36 Å². The standard InChI is InChI=1S/C37H30Cl2N2O4S/c1-3-44-32-18-22(12-17-31(32)45-21-24-13-15-25(38)20-29(24)39)19-33-36(42)41-35(27-10-6-7-11-30(27)43-2)28-16-14-23-8-4-5-9-26(23)34(28)40-37(41)46-33/h4-13,15,17-20,35H,3,14,16,21H2,1-2H3/b33-19-/t35-/m1/s1. The molecule has 0 bridgehead atoms. The highest BCUT2D eigenvalue weighted by Crippen LogP contribution is 2.43. The number of nitrogens with zero attached hydrogens (tertiary/aromatic N) is 2. The molecule has 0 N–H and O–H groups in total. The van der Waals surface area contributed by atoms with Crippen LogP contribution in [0.3, 0.4) is 0 Å². The number of allylic oxidation sites excluding steroid dienone is 1. The van der Waals surface area contributed by atoms with Crippen molar-refractivity contribution >= 4 is 46.3 Å². The molecule has 1 atom stereocenters. The van der Waals surface area contributed by atoms with Crippen LogP contribution < -0.4 is 29.1 Å². The van der Waals surface area contributed by atoms with Gasteiger partial charge in [-0.1, -0.05) is 89.1 Å². The number of aromatic nitrogens is 1. The van der Waals surface area contributed by atoms with Crippen LogP contribution in [0.1, 0.15) is 47.2 Å². The van der Waals surface area contributed by atoms with Crippen LogP contribution >= 0.6 is 34.5 Å². The van der Waals surface area contributed by atoms with Gasteiger partial charge in [0.25, 0.3) is 5.56 Å². The maximum absolute atomic E-state index is 14.3. The van der Waals surface area contributed by atoms with Crippen LogP contribution in [-0.2, 0) is 13.0 Å². The molecular formula is C37H30Cl2N2O4S. The molecule has 9 heteroatoms. The molecule has 0 amide bonds. The summed E-state index contributed by atoms with van der Waals surface area (Å²) in [5.74, 6) is 1.90. The van der Waals surface area contributed by atoms with Crippen LogP contribution in [-0.4, -0.2) is 18.3 Å². The van der Waals surface area contributed by atoms with E-state index in [1.54, 1.807) is 19.2 Å². The third-order valence-electron chi connectivity index (χ3n) is 8.27. The normalized spacial score (nSPS) is 15.5. The van der Waals surface area contributed by atoms with Crippen LogP contribution in [0.15, 0.2) is 100 Å². The first kappa shape index (κ1) is 30.4. The molecule has 0 saturated heterocycles. The fourth-order valence-corrected chi connectivity index (χ4v) is 7.60. The van der Waals surface area contributed by atoms with Crippen LogP contribution in [0.2, 0.25) is 10.0 Å². The molecule has 0 saturated carbocycles. The molecule has 4 aromatic carbocycles. The number of fused-ring (bicyclic) bond motifs is 3. The zero-order valence-electron chi connectivity index (χ0n) is 25.3. The largest absolute Gasteiger partial charge is 0.496 e. The molecule has 6 nitrogen and oxygen atoms in total. The van der Waals surface area contributed by atoms with Crippen molar-refractivity contribution in [2.75, 3.05) is 13.7 Å². The molecule has 1 aliphatic heterocycles. The number of ether oxygens (including phenoxy) is 3. The SMILES string of the molecule is CCOc1cc(/C=c2\sc3n(c2=O)[C@H](c2ccccc2OC)C2=C(N=3)c3ccccc3CC2)ccc1OCc1ccc(Cl)cc1Cl. The molecule has 0 unspecified atom stereocenters. The van der Waals surface area contributed by atoms with E-state index in [0.29, 0.717) is 37.5 Å². The van der Waals surface area contributed by atoms with E-state index in [0.717, 1.165) is 52.1 Å². The average Bonchev–Trinajstić information content (AvgIpc) is 3.38. The van der Waals surface area contributed by atoms with E-state index in [1.807, 2.05) is 72.2 Å². The van der Waals surface area contributed by atoms with E-state index < -0.39 is 0 Å². The highest BCUT2D eigenvalue weighted by Gasteiger charge is 2.34. The van der Waals surface area contributed by atoms with Crippen molar-refractivity contribution in [3.05, 3.63) is 148 Å². The number of methoxy groups -OCH3 is 1. The first-order valence-electron chi connectivity index (χ1n) is 15.0. The second kappa shape index (κ2) is 12.8. The Bertz CT molecular complexity index is 2190. The number of rotatable bonds is 8. The second-order valence-corrected chi connectivity index (χ2v) is 12.9. The zero-order chi connectivity index (χ0) is 31.8. The van der Waals surface area contributed by atoms with Crippen LogP contribution in [0.5, 0.6) is 17.2 Å². The Morgan fingerprint density at radius 2 is 1.76 bits per heavy atom. The number of thiazole rings is 1. The molecule has 0 fully saturated rings. The number of hydrogen-bond acceptors (Lipinski definition) is 6. The molecule has 2 aliphatic rings. The molecule has 5 aromatic rings. The molecular weight excluding hydrogens is 639 g/mol. The number of aryl methyl sites for hydroxylation is 1. The van der Waals surface area contributed by atoms with Gasteiger partial charge in [-0.2, -0.15) is 0 Å². The van der Waals surface area contributed by atoms with Gasteiger partial charge in [0.05, 0.1) is 30.0 Å². The quantitative estimate of drug-likeness (QED) is 0.171. The molecule has 1 aliphatic carbocycles. The molecule has 232 valence electrons. The van der Waals surface area contributed by atoms with Crippen molar-refractivity contribution in [1.82, 2.24) is 4.57 Å². The van der Waals surface area contributed by atoms with E-state index in [-0.39, 0.29) is 18.2 Å². The van der Waals surface area contributed by atoms with E-state index in [9.17, 15) is 4.79 Å². The van der Waals surface area contributed by atoms with Crippen LogP contribution in [0.25, 0.3) is 11.8 Å². The van der Waals surface area contributed by atoms with E-state index in [4.69, 9.17) is 42.4 Å². The Labute approximate surface area is 280 Å². The number of para-hydroxylation sites is 1. The molecule has 7 rings (SSSR count). The smallest absolute Gasteiger partial charge is 0.271 e. The maximum Gasteiger partial charge on any atom is 0.271 e. The summed E-state index contributed by atoms with van der Waals surface area (Å²) in [5.41, 5.74) is 6.95. The summed E-state index contributed by atoms with van der Waals surface area (Å²) in [7, 11) is 1.67. The Morgan fingerprint density at radius 3 is 2.59 bits per heavy atom. The number of hydrogen-bond donors (Lipinski definition) is 0. The topological polar surface area (TPSA) is 62.0 Å². The highest BCUT2D eigenvalue weighted by atomic mass is 35.5. The molecule has 2 heterocycles. The minimum atomic E-state index is -0.327. The summed E-state index contributed by atoms with van der Waals surface area (Å²) in [4.78, 5) is 20.0. The third-order valence-corrected chi connectivity index (χ3v) is 9.84. The fraction of sp³-hybridized carbons (Fsp3) is 0.189. The molecule has 0 spiro atoms. The van der Waals surface area contributed by atoms with Gasteiger partial charge in [0.15, 0.2) is 16.3 Å². The van der Waals surface area contributed by atoms with Crippen molar-refractivity contribution in [3.8, 4) is 17.2 Å². The lowest BCUT2D eigenvalue weighted by Crippen LogP contribution is -2.39. The summed E-state index contributed by atoms with van der Waals surface area (Å²) in [5, 5.41) is 1.10. The number of halogens is 2. The summed E-state index contributed by atoms with van der Waals surface area (Å²) in [6.45, 7) is 2.63. The first-order chi connectivity index (χ1) is 22.4. The van der Waals surface area contributed by atoms with Crippen molar-refractivity contribution in [1.29, 1.82) is 0 Å². The summed E-state index contributed by atoms with van der Waals surface area (Å²) >= 11 is 13.8. The van der Waals surface area contributed by atoms with Crippen LogP contribution in [0, 0.1) is 0 Å². The Balaban J connectivity index is 1.32. The lowest BCUT2D eigenvalue weighted by Gasteiger charge is -2.31. The molecule has 46 heavy (non-hydrogen) atoms. The summed E-state index contributed by atoms with van der Waals surface area (Å²) in [6, 6.07) is 27.0. The van der Waals surface area contributed by atoms with E-state index in [2.05, 4.69) is 18.2 Å². The van der Waals surface area contributed by atoms with E-state index >= 15 is 0 Å². The van der Waals surface area contributed by atoms with Gasteiger partial charge in [0.2, 0.25) is 0 Å². The Kier molecular flexibility index (Phi) is 8.47. The monoisotopic (exact) mass is 668 g/mol. The first-order valence-corrected chi connectivity index (χ1v) is 16.6. The Morgan fingerprint density at radius 1 is 0.935 bits per heavy atom. The average molecular weight is 670 g/mol. The summed E-state index contributed by atoms with van der Waals surface area (Å²) < 4.78 is 20.3. The third kappa shape index (κ3) is 5.64. The van der Waals surface area contributed by atoms with Gasteiger partial charge in [-0.15, -0.1) is 0 Å². The maximum atomic E-state index is 14.3.